The highest BCUT2D eigenvalue weighted by atomic mass is 35.5. The molecule has 0 radical (unpaired) electrons. The van der Waals surface area contributed by atoms with Gasteiger partial charge in [-0.15, -0.1) is 10.2 Å². The molecule has 2 heterocycles. The van der Waals surface area contributed by atoms with Gasteiger partial charge in [-0.3, -0.25) is 0 Å². The van der Waals surface area contributed by atoms with Gasteiger partial charge in [0.05, 0.1) is 16.1 Å². The molecule has 25 heavy (non-hydrogen) atoms. The van der Waals surface area contributed by atoms with Crippen LogP contribution in [0, 0.1) is 11.6 Å². The van der Waals surface area contributed by atoms with Crippen LogP contribution in [0.15, 0.2) is 30.5 Å². The first kappa shape index (κ1) is 17.2. The summed E-state index contributed by atoms with van der Waals surface area (Å²) in [5.41, 5.74) is -0.0987. The lowest BCUT2D eigenvalue weighted by Gasteiger charge is -2.10. The van der Waals surface area contributed by atoms with Gasteiger partial charge in [0, 0.05) is 13.2 Å². The second kappa shape index (κ2) is 6.67. The van der Waals surface area contributed by atoms with Crippen molar-refractivity contribution in [2.75, 3.05) is 0 Å². The summed E-state index contributed by atoms with van der Waals surface area (Å²) in [5, 5.41) is 7.80. The zero-order valence-electron chi connectivity index (χ0n) is 12.6. The summed E-state index contributed by atoms with van der Waals surface area (Å²) in [4.78, 5) is 3.70. The molecule has 0 aliphatic heterocycles. The quantitative estimate of drug-likeness (QED) is 0.648. The Kier molecular flexibility index (Phi) is 4.58. The van der Waals surface area contributed by atoms with Gasteiger partial charge in [0.15, 0.2) is 23.3 Å². The van der Waals surface area contributed by atoms with Crippen molar-refractivity contribution in [3.63, 3.8) is 0 Å². The lowest BCUT2D eigenvalue weighted by molar-refractivity contribution is -0.0524. The molecular weight excluding hydrogens is 364 g/mol. The van der Waals surface area contributed by atoms with Crippen LogP contribution < -0.4 is 4.74 Å². The number of benzene rings is 1. The first-order valence-corrected chi connectivity index (χ1v) is 7.20. The van der Waals surface area contributed by atoms with E-state index < -0.39 is 24.1 Å². The zero-order chi connectivity index (χ0) is 18.1. The minimum Gasteiger partial charge on any atom is -0.416 e. The molecule has 10 heteroatoms. The maximum Gasteiger partial charge on any atom is 0.388 e. The smallest absolute Gasteiger partial charge is 0.388 e. The third kappa shape index (κ3) is 3.27. The number of halogens is 5. The molecule has 0 saturated heterocycles. The Labute approximate surface area is 143 Å². The average Bonchev–Trinajstić information content (AvgIpc) is 2.93. The Morgan fingerprint density at radius 2 is 1.80 bits per heavy atom. The Morgan fingerprint density at radius 3 is 2.48 bits per heavy atom. The number of ether oxygens (including phenoxy) is 1. The molecule has 3 rings (SSSR count). The first-order chi connectivity index (χ1) is 11.9. The van der Waals surface area contributed by atoms with Crippen LogP contribution in [0.25, 0.3) is 22.8 Å². The van der Waals surface area contributed by atoms with E-state index in [1.165, 1.54) is 29.8 Å². The summed E-state index contributed by atoms with van der Waals surface area (Å²) >= 11 is 5.85. The van der Waals surface area contributed by atoms with Crippen LogP contribution in [0.2, 0.25) is 5.02 Å². The maximum atomic E-state index is 14.0. The fourth-order valence-corrected chi connectivity index (χ4v) is 2.40. The lowest BCUT2D eigenvalue weighted by Crippen LogP contribution is -2.06. The normalized spacial score (nSPS) is 11.2. The van der Waals surface area contributed by atoms with Crippen LogP contribution in [0.5, 0.6) is 5.88 Å². The number of aromatic nitrogens is 4. The van der Waals surface area contributed by atoms with Crippen LogP contribution in [-0.2, 0) is 7.05 Å². The highest BCUT2D eigenvalue weighted by Gasteiger charge is 2.22. The van der Waals surface area contributed by atoms with Gasteiger partial charge in [-0.05, 0) is 18.2 Å². The molecule has 0 N–H and O–H groups in total. The van der Waals surface area contributed by atoms with Gasteiger partial charge >= 0.3 is 6.61 Å². The molecule has 130 valence electrons. The van der Waals surface area contributed by atoms with E-state index in [0.29, 0.717) is 0 Å². The molecule has 0 unspecified atom stereocenters. The topological polar surface area (TPSA) is 52.8 Å². The lowest BCUT2D eigenvalue weighted by atomic mass is 10.2. The Morgan fingerprint density at radius 1 is 1.12 bits per heavy atom. The van der Waals surface area contributed by atoms with Gasteiger partial charge in [0.2, 0.25) is 5.88 Å². The summed E-state index contributed by atoms with van der Waals surface area (Å²) in [7, 11) is 1.46. The fraction of sp³-hybridized carbons (Fsp3) is 0.133. The van der Waals surface area contributed by atoms with Gasteiger partial charge in [0.25, 0.3) is 0 Å². The monoisotopic (exact) mass is 372 g/mol. The second-order valence-electron chi connectivity index (χ2n) is 4.89. The molecule has 1 aromatic carbocycles. The Balaban J connectivity index is 2.14. The summed E-state index contributed by atoms with van der Waals surface area (Å²) in [6.07, 6.45) is 1.13. The van der Waals surface area contributed by atoms with Crippen LogP contribution in [0.4, 0.5) is 17.6 Å². The van der Waals surface area contributed by atoms with E-state index in [1.807, 2.05) is 0 Å². The van der Waals surface area contributed by atoms with Crippen molar-refractivity contribution in [2.24, 2.45) is 7.05 Å². The van der Waals surface area contributed by atoms with Crippen molar-refractivity contribution in [1.29, 1.82) is 0 Å². The number of nitrogens with zero attached hydrogens (tertiary/aromatic N) is 4. The average molecular weight is 373 g/mol. The Bertz CT molecular complexity index is 932. The highest BCUT2D eigenvalue weighted by Crippen LogP contribution is 2.32. The SMILES string of the molecule is Cn1c(-c2cc(Cl)cnc2OC(F)F)nnc1-c1cccc(F)c1F. The summed E-state index contributed by atoms with van der Waals surface area (Å²) in [6.45, 7) is -3.11. The van der Waals surface area contributed by atoms with Crippen LogP contribution in [-0.4, -0.2) is 26.4 Å². The minimum absolute atomic E-state index is 0.00466. The van der Waals surface area contributed by atoms with Crippen molar-refractivity contribution in [2.45, 2.75) is 6.61 Å². The largest absolute Gasteiger partial charge is 0.416 e. The standard InChI is InChI=1S/C15H9ClF4N4O/c1-24-12(8-3-2-4-10(17)11(8)18)22-23-13(24)9-5-7(16)6-21-14(9)25-15(19)20/h2-6,15H,1H3. The van der Waals surface area contributed by atoms with Crippen molar-refractivity contribution >= 4 is 11.6 Å². The molecule has 3 aromatic rings. The number of hydrogen-bond donors (Lipinski definition) is 0. The predicted octanol–water partition coefficient (Wildman–Crippen LogP) is 4.08. The summed E-state index contributed by atoms with van der Waals surface area (Å²) in [5.74, 6) is -2.52. The molecule has 2 aromatic heterocycles. The van der Waals surface area contributed by atoms with Gasteiger partial charge in [0.1, 0.15) is 0 Å². The van der Waals surface area contributed by atoms with E-state index in [-0.39, 0.29) is 27.8 Å². The van der Waals surface area contributed by atoms with Crippen LogP contribution >= 0.6 is 11.6 Å². The first-order valence-electron chi connectivity index (χ1n) is 6.83. The summed E-state index contributed by atoms with van der Waals surface area (Å²) < 4.78 is 58.2. The van der Waals surface area contributed by atoms with Crippen molar-refractivity contribution in [3.8, 4) is 28.7 Å². The third-order valence-corrected chi connectivity index (χ3v) is 3.53. The molecule has 5 nitrogen and oxygen atoms in total. The molecule has 0 bridgehead atoms. The highest BCUT2D eigenvalue weighted by molar-refractivity contribution is 6.30. The molecule has 0 fully saturated rings. The summed E-state index contributed by atoms with van der Waals surface area (Å²) in [6, 6.07) is 4.90. The zero-order valence-corrected chi connectivity index (χ0v) is 13.3. The fourth-order valence-electron chi connectivity index (χ4n) is 2.24. The number of alkyl halides is 2. The molecule has 0 aliphatic carbocycles. The van der Waals surface area contributed by atoms with Crippen LogP contribution in [0.1, 0.15) is 0 Å². The van der Waals surface area contributed by atoms with Gasteiger partial charge in [-0.1, -0.05) is 17.7 Å². The number of rotatable bonds is 4. The van der Waals surface area contributed by atoms with Crippen molar-refractivity contribution in [3.05, 3.63) is 47.1 Å². The van der Waals surface area contributed by atoms with Gasteiger partial charge < -0.3 is 9.30 Å². The van der Waals surface area contributed by atoms with E-state index in [4.69, 9.17) is 11.6 Å². The molecule has 0 amide bonds. The van der Waals surface area contributed by atoms with Crippen LogP contribution in [0.3, 0.4) is 0 Å². The second-order valence-corrected chi connectivity index (χ2v) is 5.33. The maximum absolute atomic E-state index is 14.0. The third-order valence-electron chi connectivity index (χ3n) is 3.33. The molecule has 0 atom stereocenters. The molecule has 0 spiro atoms. The molecule has 0 aliphatic rings. The van der Waals surface area contributed by atoms with E-state index >= 15 is 0 Å². The molecular formula is C15H9ClF4N4O. The van der Waals surface area contributed by atoms with Crippen molar-refractivity contribution < 1.29 is 22.3 Å². The van der Waals surface area contributed by atoms with Gasteiger partial charge in [-0.25, -0.2) is 13.8 Å². The van der Waals surface area contributed by atoms with E-state index in [9.17, 15) is 17.6 Å². The predicted molar refractivity (Wildman–Crippen MR) is 81.2 cm³/mol. The minimum atomic E-state index is -3.11. The van der Waals surface area contributed by atoms with Crippen molar-refractivity contribution in [1.82, 2.24) is 19.7 Å². The van der Waals surface area contributed by atoms with E-state index in [0.717, 1.165) is 12.3 Å². The number of hydrogen-bond acceptors (Lipinski definition) is 4. The van der Waals surface area contributed by atoms with E-state index in [2.05, 4.69) is 19.9 Å². The van der Waals surface area contributed by atoms with Gasteiger partial charge in [-0.2, -0.15) is 8.78 Å². The van der Waals surface area contributed by atoms with E-state index in [1.54, 1.807) is 0 Å². The Hall–Kier alpha value is -2.68. The molecule has 0 saturated carbocycles. The number of pyridine rings is 1.